The van der Waals surface area contributed by atoms with Crippen LogP contribution in [-0.2, 0) is 25.7 Å². The third kappa shape index (κ3) is 3.93. The summed E-state index contributed by atoms with van der Waals surface area (Å²) in [7, 11) is 0. The predicted octanol–water partition coefficient (Wildman–Crippen LogP) is 9.12. The van der Waals surface area contributed by atoms with E-state index >= 15 is 0 Å². The molecule has 0 radical (unpaired) electrons. The quantitative estimate of drug-likeness (QED) is 0.246. The van der Waals surface area contributed by atoms with Gasteiger partial charge in [0.2, 0.25) is 0 Å². The van der Waals surface area contributed by atoms with E-state index in [1.807, 2.05) is 0 Å². The Labute approximate surface area is 221 Å². The molecule has 1 aliphatic heterocycles. The van der Waals surface area contributed by atoms with Gasteiger partial charge in [-0.3, -0.25) is 0 Å². The number of aromatic nitrogens is 4. The minimum Gasteiger partial charge on any atom is -0.355 e. The van der Waals surface area contributed by atoms with Crippen LogP contribution in [0, 0.1) is 13.8 Å². The second-order valence-corrected chi connectivity index (χ2v) is 10.3. The normalized spacial score (nSPS) is 12.9. The van der Waals surface area contributed by atoms with Crippen LogP contribution >= 0.6 is 0 Å². The fraction of sp³-hybridized carbons (Fsp3) is 0.424. The fourth-order valence-electron chi connectivity index (χ4n) is 6.60. The highest BCUT2D eigenvalue weighted by atomic mass is 14.8. The number of hydrogen-bond acceptors (Lipinski definition) is 1. The summed E-state index contributed by atoms with van der Waals surface area (Å²) in [6, 6.07) is 6.95. The molecule has 4 aromatic heterocycles. The average Bonchev–Trinajstić information content (AvgIpc) is 3.59. The largest absolute Gasteiger partial charge is 0.355 e. The van der Waals surface area contributed by atoms with Gasteiger partial charge in [0.15, 0.2) is 0 Å². The van der Waals surface area contributed by atoms with E-state index in [2.05, 4.69) is 88.5 Å². The molecule has 1 aliphatic rings. The molecule has 0 saturated carbocycles. The highest BCUT2D eigenvalue weighted by molar-refractivity contribution is 5.98. The van der Waals surface area contributed by atoms with Crippen molar-refractivity contribution < 1.29 is 0 Å². The molecule has 4 heteroatoms. The second-order valence-electron chi connectivity index (χ2n) is 10.3. The Kier molecular flexibility index (Phi) is 6.78. The molecule has 0 amide bonds. The lowest BCUT2D eigenvalue weighted by atomic mass is 9.98. The number of rotatable bonds is 6. The molecule has 4 aromatic rings. The smallest absolute Gasteiger partial charge is 0.0910 e. The molecule has 5 heterocycles. The first-order valence-electron chi connectivity index (χ1n) is 14.3. The molecule has 8 bridgehead atoms. The van der Waals surface area contributed by atoms with E-state index in [0.717, 1.165) is 49.9 Å². The molecule has 0 atom stereocenters. The first kappa shape index (κ1) is 25.4. The summed E-state index contributed by atoms with van der Waals surface area (Å²) in [5, 5.41) is 0. The van der Waals surface area contributed by atoms with Crippen LogP contribution in [0.25, 0.3) is 44.2 Å². The average molecular weight is 495 g/mol. The van der Waals surface area contributed by atoms with E-state index in [4.69, 9.17) is 4.98 Å². The van der Waals surface area contributed by atoms with E-state index in [0.29, 0.717) is 0 Å². The van der Waals surface area contributed by atoms with E-state index < -0.39 is 0 Å². The maximum Gasteiger partial charge on any atom is 0.0910 e. The number of aryl methyl sites for hydroxylation is 6. The summed E-state index contributed by atoms with van der Waals surface area (Å²) in [5.74, 6) is 0. The molecule has 0 fully saturated rings. The van der Waals surface area contributed by atoms with Gasteiger partial charge in [-0.15, -0.1) is 0 Å². The van der Waals surface area contributed by atoms with Gasteiger partial charge in [0.1, 0.15) is 0 Å². The Morgan fingerprint density at radius 1 is 0.514 bits per heavy atom. The minimum absolute atomic E-state index is 0.977. The van der Waals surface area contributed by atoms with Gasteiger partial charge in [0, 0.05) is 27.6 Å². The summed E-state index contributed by atoms with van der Waals surface area (Å²) in [5.41, 5.74) is 20.4. The first-order valence-corrected chi connectivity index (χ1v) is 14.3. The van der Waals surface area contributed by atoms with Crippen LogP contribution in [0.1, 0.15) is 99.2 Å². The molecular formula is C33H42N4. The van der Waals surface area contributed by atoms with Crippen molar-refractivity contribution in [3.8, 4) is 0 Å². The van der Waals surface area contributed by atoms with Crippen LogP contribution in [-0.4, -0.2) is 19.9 Å². The number of nitrogens with zero attached hydrogens (tertiary/aromatic N) is 1. The van der Waals surface area contributed by atoms with Gasteiger partial charge in [0.25, 0.3) is 0 Å². The van der Waals surface area contributed by atoms with Crippen molar-refractivity contribution in [2.75, 3.05) is 0 Å². The molecule has 3 N–H and O–H groups in total. The van der Waals surface area contributed by atoms with Crippen molar-refractivity contribution in [3.63, 3.8) is 0 Å². The highest BCUT2D eigenvalue weighted by Crippen LogP contribution is 2.39. The molecule has 5 rings (SSSR count). The Morgan fingerprint density at radius 3 is 1.49 bits per heavy atom. The second kappa shape index (κ2) is 9.89. The van der Waals surface area contributed by atoms with Gasteiger partial charge in [-0.1, -0.05) is 41.5 Å². The predicted molar refractivity (Wildman–Crippen MR) is 161 cm³/mol. The molecular weight excluding hydrogens is 452 g/mol. The van der Waals surface area contributed by atoms with Crippen LogP contribution in [0.5, 0.6) is 0 Å². The molecule has 4 nitrogen and oxygen atoms in total. The maximum absolute atomic E-state index is 5.35. The number of H-pyrrole nitrogens is 3. The van der Waals surface area contributed by atoms with Crippen LogP contribution in [0.3, 0.4) is 0 Å². The highest BCUT2D eigenvalue weighted by Gasteiger charge is 2.22. The van der Waals surface area contributed by atoms with Crippen LogP contribution in [0.4, 0.5) is 0 Å². The topological polar surface area (TPSA) is 60.3 Å². The Bertz CT molecular complexity index is 1650. The van der Waals surface area contributed by atoms with Crippen LogP contribution in [0.15, 0.2) is 18.2 Å². The zero-order chi connectivity index (χ0) is 26.4. The lowest BCUT2D eigenvalue weighted by molar-refractivity contribution is 1.07. The summed E-state index contributed by atoms with van der Waals surface area (Å²) in [4.78, 5) is 16.8. The third-order valence-corrected chi connectivity index (χ3v) is 8.56. The van der Waals surface area contributed by atoms with Gasteiger partial charge >= 0.3 is 0 Å². The van der Waals surface area contributed by atoms with Gasteiger partial charge < -0.3 is 15.0 Å². The van der Waals surface area contributed by atoms with Gasteiger partial charge in [-0.25, -0.2) is 4.98 Å². The summed E-state index contributed by atoms with van der Waals surface area (Å²) >= 11 is 0. The zero-order valence-corrected chi connectivity index (χ0v) is 23.9. The zero-order valence-electron chi connectivity index (χ0n) is 23.9. The van der Waals surface area contributed by atoms with E-state index in [9.17, 15) is 0 Å². The van der Waals surface area contributed by atoms with Crippen molar-refractivity contribution in [1.82, 2.24) is 19.9 Å². The molecule has 0 aliphatic carbocycles. The lowest BCUT2D eigenvalue weighted by Gasteiger charge is -2.05. The molecule has 0 saturated heterocycles. The van der Waals surface area contributed by atoms with Gasteiger partial charge in [0.05, 0.1) is 16.9 Å². The number of fused-ring (bicyclic) bond motifs is 9. The number of hydrogen-bond donors (Lipinski definition) is 3. The Balaban J connectivity index is 2.08. The van der Waals surface area contributed by atoms with Crippen molar-refractivity contribution in [3.05, 3.63) is 63.0 Å². The molecule has 0 aromatic carbocycles. The number of nitrogens with one attached hydrogen (secondary N) is 3. The Morgan fingerprint density at radius 2 is 1.00 bits per heavy atom. The molecule has 194 valence electrons. The maximum atomic E-state index is 5.35. The van der Waals surface area contributed by atoms with Gasteiger partial charge in [-0.05, 0) is 115 Å². The number of aromatic amines is 3. The van der Waals surface area contributed by atoms with Crippen LogP contribution < -0.4 is 0 Å². The van der Waals surface area contributed by atoms with E-state index in [-0.39, 0.29) is 0 Å². The fourth-order valence-corrected chi connectivity index (χ4v) is 6.60. The third-order valence-electron chi connectivity index (χ3n) is 8.56. The summed E-state index contributed by atoms with van der Waals surface area (Å²) in [6.45, 7) is 18.1. The molecule has 0 spiro atoms. The SMILES string of the molecule is CCC1=C(CC)c2nc1cc1[nH]c(cc3[nH]c(cc4[nH]c2c(CC)c4CC)c(C)c3CC)c(C)c1CC. The Hall–Kier alpha value is -3.27. The molecule has 0 unspecified atom stereocenters. The minimum atomic E-state index is 0.977. The lowest BCUT2D eigenvalue weighted by Crippen LogP contribution is -1.89. The number of allylic oxidation sites excluding steroid dienone is 2. The standard InChI is InChI=1S/C33H42N4/c1-9-20-18(7)27-16-30-22(11-3)24(13-5)32(36-30)33-25(14-6)23(12-4)31(37-33)17-29-21(10-2)19(8)26(35-29)15-28(20)34-27/h15-17,34-36H,9-14H2,1-8H3. The van der Waals surface area contributed by atoms with E-state index in [1.165, 1.54) is 77.6 Å². The van der Waals surface area contributed by atoms with Crippen molar-refractivity contribution in [2.24, 2.45) is 0 Å². The van der Waals surface area contributed by atoms with E-state index in [1.54, 1.807) is 0 Å². The van der Waals surface area contributed by atoms with Crippen molar-refractivity contribution in [2.45, 2.75) is 93.9 Å². The first-order chi connectivity index (χ1) is 17.9. The summed E-state index contributed by atoms with van der Waals surface area (Å²) < 4.78 is 0. The van der Waals surface area contributed by atoms with Gasteiger partial charge in [-0.2, -0.15) is 0 Å². The summed E-state index contributed by atoms with van der Waals surface area (Å²) in [6.07, 6.45) is 5.92. The molecule has 37 heavy (non-hydrogen) atoms. The van der Waals surface area contributed by atoms with Crippen molar-refractivity contribution in [1.29, 1.82) is 0 Å². The van der Waals surface area contributed by atoms with Crippen molar-refractivity contribution >= 4 is 44.2 Å². The van der Waals surface area contributed by atoms with Crippen LogP contribution in [0.2, 0.25) is 0 Å². The monoisotopic (exact) mass is 494 g/mol.